The fourth-order valence-corrected chi connectivity index (χ4v) is 4.61. The molecule has 1 aliphatic carbocycles. The summed E-state index contributed by atoms with van der Waals surface area (Å²) in [6.45, 7) is 0.965. The number of pyridine rings is 1. The molecule has 2 aromatic heterocycles. The van der Waals surface area contributed by atoms with Crippen LogP contribution in [0.5, 0.6) is 0 Å². The Bertz CT molecular complexity index is 1130. The highest BCUT2D eigenvalue weighted by Crippen LogP contribution is 2.35. The second kappa shape index (κ2) is 7.19. The second-order valence-electron chi connectivity index (χ2n) is 7.82. The lowest BCUT2D eigenvalue weighted by molar-refractivity contribution is 0.679. The molecule has 0 saturated heterocycles. The van der Waals surface area contributed by atoms with Gasteiger partial charge in [-0.3, -0.25) is 0 Å². The van der Waals surface area contributed by atoms with Crippen molar-refractivity contribution in [3.8, 4) is 0 Å². The third kappa shape index (κ3) is 3.38. The number of halogens is 1. The van der Waals surface area contributed by atoms with E-state index >= 15 is 0 Å². The van der Waals surface area contributed by atoms with Gasteiger partial charge in [-0.15, -0.1) is 0 Å². The normalized spacial score (nSPS) is 18.3. The molecular weight excluding hydrogens is 384 g/mol. The number of benzene rings is 1. The van der Waals surface area contributed by atoms with E-state index in [4.69, 9.17) is 23.1 Å². The Morgan fingerprint density at radius 2 is 1.97 bits per heavy atom. The number of aryl methyl sites for hydroxylation is 1. The first-order chi connectivity index (χ1) is 14.1. The summed E-state index contributed by atoms with van der Waals surface area (Å²) in [6.07, 6.45) is 9.23. The smallest absolute Gasteiger partial charge is 0.142 e. The number of hydrogen-bond acceptors (Lipinski definition) is 6. The highest BCUT2D eigenvalue weighted by Gasteiger charge is 2.30. The number of fused-ring (bicyclic) bond motifs is 2. The van der Waals surface area contributed by atoms with Crippen LogP contribution in [0.2, 0.25) is 5.02 Å². The first-order valence-electron chi connectivity index (χ1n) is 9.99. The van der Waals surface area contributed by atoms with Crippen molar-refractivity contribution >= 4 is 40.0 Å². The minimum atomic E-state index is 0.382. The van der Waals surface area contributed by atoms with E-state index in [1.54, 1.807) is 6.33 Å². The van der Waals surface area contributed by atoms with Crippen molar-refractivity contribution in [1.29, 1.82) is 0 Å². The molecule has 3 aromatic rings. The van der Waals surface area contributed by atoms with Gasteiger partial charge in [0.05, 0.1) is 10.5 Å². The molecule has 1 aromatic carbocycles. The van der Waals surface area contributed by atoms with Crippen molar-refractivity contribution in [3.63, 3.8) is 0 Å². The van der Waals surface area contributed by atoms with Gasteiger partial charge >= 0.3 is 0 Å². The number of nitrogens with zero attached hydrogens (tertiary/aromatic N) is 4. The number of anilines is 3. The molecule has 3 heterocycles. The number of rotatable bonds is 4. The molecule has 0 fully saturated rings. The van der Waals surface area contributed by atoms with E-state index in [0.29, 0.717) is 22.7 Å². The van der Waals surface area contributed by atoms with E-state index in [9.17, 15) is 0 Å². The summed E-state index contributed by atoms with van der Waals surface area (Å²) in [6, 6.07) is 8.61. The van der Waals surface area contributed by atoms with Crippen LogP contribution in [0.15, 0.2) is 42.2 Å². The van der Waals surface area contributed by atoms with E-state index in [-0.39, 0.29) is 0 Å². The Morgan fingerprint density at radius 1 is 1.07 bits per heavy atom. The molecule has 1 unspecified atom stereocenters. The molecule has 4 N–H and O–H groups in total. The van der Waals surface area contributed by atoms with E-state index in [0.717, 1.165) is 60.9 Å². The lowest BCUT2D eigenvalue weighted by Crippen LogP contribution is -2.31. The second-order valence-corrected chi connectivity index (χ2v) is 8.23. The molecule has 148 valence electrons. The lowest BCUT2D eigenvalue weighted by Gasteiger charge is -2.24. The maximum Gasteiger partial charge on any atom is 0.142 e. The molecule has 7 heteroatoms. The quantitative estimate of drug-likeness (QED) is 0.637. The van der Waals surface area contributed by atoms with Gasteiger partial charge in [-0.2, -0.15) is 0 Å². The van der Waals surface area contributed by atoms with Crippen LogP contribution in [0.25, 0.3) is 10.9 Å². The molecule has 2 aliphatic rings. The van der Waals surface area contributed by atoms with Gasteiger partial charge in [-0.1, -0.05) is 35.4 Å². The fraction of sp³-hybridized carbons (Fsp3) is 0.318. The van der Waals surface area contributed by atoms with Crippen molar-refractivity contribution in [1.82, 2.24) is 15.0 Å². The minimum absolute atomic E-state index is 0.382. The van der Waals surface area contributed by atoms with E-state index in [1.165, 1.54) is 11.1 Å². The zero-order chi connectivity index (χ0) is 20.0. The van der Waals surface area contributed by atoms with Gasteiger partial charge in [-0.25, -0.2) is 15.0 Å². The van der Waals surface area contributed by atoms with Crippen molar-refractivity contribution in [2.45, 2.75) is 38.1 Å². The van der Waals surface area contributed by atoms with Crippen molar-refractivity contribution < 1.29 is 0 Å². The molecule has 0 bridgehead atoms. The lowest BCUT2D eigenvalue weighted by atomic mass is 10.0. The maximum absolute atomic E-state index is 6.07. The summed E-state index contributed by atoms with van der Waals surface area (Å²) in [5.41, 5.74) is 16.6. The first kappa shape index (κ1) is 18.2. The van der Waals surface area contributed by atoms with E-state index in [1.807, 2.05) is 6.07 Å². The van der Waals surface area contributed by atoms with Crippen LogP contribution >= 0.6 is 11.6 Å². The molecule has 1 atom stereocenters. The van der Waals surface area contributed by atoms with E-state index < -0.39 is 0 Å². The molecule has 0 amide bonds. The van der Waals surface area contributed by atoms with Crippen LogP contribution < -0.4 is 16.4 Å². The number of aromatic nitrogens is 3. The first-order valence-corrected chi connectivity index (χ1v) is 10.4. The molecular formula is C22H23ClN6. The molecule has 5 rings (SSSR count). The van der Waals surface area contributed by atoms with Gasteiger partial charge in [0, 0.05) is 23.5 Å². The molecule has 6 nitrogen and oxygen atoms in total. The molecule has 0 spiro atoms. The molecule has 29 heavy (non-hydrogen) atoms. The Kier molecular flexibility index (Phi) is 4.51. The van der Waals surface area contributed by atoms with Crippen molar-refractivity contribution in [2.24, 2.45) is 0 Å². The third-order valence-electron chi connectivity index (χ3n) is 6.02. The van der Waals surface area contributed by atoms with Crippen LogP contribution in [0, 0.1) is 0 Å². The Morgan fingerprint density at radius 3 is 2.86 bits per heavy atom. The third-order valence-corrected chi connectivity index (χ3v) is 6.32. The summed E-state index contributed by atoms with van der Waals surface area (Å²) in [4.78, 5) is 15.4. The molecule has 0 radical (unpaired) electrons. The van der Waals surface area contributed by atoms with Crippen LogP contribution in [-0.2, 0) is 12.8 Å². The zero-order valence-corrected chi connectivity index (χ0v) is 16.9. The number of hydrogen-bond donors (Lipinski definition) is 2. The number of nitrogen functional groups attached to an aromatic ring is 2. The average Bonchev–Trinajstić information content (AvgIpc) is 3.35. The van der Waals surface area contributed by atoms with Gasteiger partial charge in [0.25, 0.3) is 0 Å². The van der Waals surface area contributed by atoms with Gasteiger partial charge in [0.2, 0.25) is 0 Å². The van der Waals surface area contributed by atoms with Crippen LogP contribution in [0.3, 0.4) is 0 Å². The standard InChI is InChI=1S/C22H23ClN6/c23-18-11-15-5-3-14(10-19(15)28-21(18)25)2-1-13-4-6-16(9-13)29-8-7-17-20(24)26-12-27-22(17)29/h3,5,9-12,16H,1-2,4,6-8H2,(H2,25,28)(H2,24,26,27). The minimum Gasteiger partial charge on any atom is -0.383 e. The molecule has 0 saturated carbocycles. The monoisotopic (exact) mass is 406 g/mol. The molecule has 1 aliphatic heterocycles. The van der Waals surface area contributed by atoms with Gasteiger partial charge in [0.1, 0.15) is 23.8 Å². The van der Waals surface area contributed by atoms with E-state index in [2.05, 4.69) is 44.1 Å². The number of allylic oxidation sites excluding steroid dienone is 1. The maximum atomic E-state index is 6.07. The van der Waals surface area contributed by atoms with Crippen LogP contribution in [0.1, 0.15) is 30.4 Å². The Labute approximate surface area is 174 Å². The van der Waals surface area contributed by atoms with Gasteiger partial charge < -0.3 is 16.4 Å². The zero-order valence-electron chi connectivity index (χ0n) is 16.1. The highest BCUT2D eigenvalue weighted by atomic mass is 35.5. The fourth-order valence-electron chi connectivity index (χ4n) is 4.45. The summed E-state index contributed by atoms with van der Waals surface area (Å²) >= 11 is 6.07. The van der Waals surface area contributed by atoms with Crippen molar-refractivity contribution in [2.75, 3.05) is 22.9 Å². The Balaban J connectivity index is 1.28. The van der Waals surface area contributed by atoms with Crippen LogP contribution in [0.4, 0.5) is 17.5 Å². The largest absolute Gasteiger partial charge is 0.383 e. The number of nitrogens with two attached hydrogens (primary N) is 2. The summed E-state index contributed by atoms with van der Waals surface area (Å²) in [7, 11) is 0. The average molecular weight is 407 g/mol. The SMILES string of the molecule is Nc1nc2cc(CCC3=CC(N4CCc5c(N)ncnc54)CC3)ccc2cc1Cl. The summed E-state index contributed by atoms with van der Waals surface area (Å²) in [5.74, 6) is 2.01. The summed E-state index contributed by atoms with van der Waals surface area (Å²) in [5, 5.41) is 1.52. The topological polar surface area (TPSA) is 94.0 Å². The van der Waals surface area contributed by atoms with Gasteiger partial charge in [0.15, 0.2) is 0 Å². The predicted molar refractivity (Wildman–Crippen MR) is 118 cm³/mol. The Hall–Kier alpha value is -2.86. The predicted octanol–water partition coefficient (Wildman–Crippen LogP) is 3.93. The van der Waals surface area contributed by atoms with Crippen molar-refractivity contribution in [3.05, 3.63) is 58.4 Å². The van der Waals surface area contributed by atoms with Crippen LogP contribution in [-0.4, -0.2) is 27.5 Å². The van der Waals surface area contributed by atoms with Gasteiger partial charge in [-0.05, 0) is 49.8 Å². The summed E-state index contributed by atoms with van der Waals surface area (Å²) < 4.78 is 0. The highest BCUT2D eigenvalue weighted by molar-refractivity contribution is 6.33.